The van der Waals surface area contributed by atoms with Crippen molar-refractivity contribution in [3.05, 3.63) is 0 Å². The lowest BCUT2D eigenvalue weighted by molar-refractivity contribution is -0.167. The van der Waals surface area contributed by atoms with Crippen molar-refractivity contribution in [3.8, 4) is 0 Å². The third kappa shape index (κ3) is 3.60. The molecule has 0 amide bonds. The van der Waals surface area contributed by atoms with Gasteiger partial charge in [0.15, 0.2) is 0 Å². The zero-order chi connectivity index (χ0) is 10.7. The van der Waals surface area contributed by atoms with Gasteiger partial charge in [-0.15, -0.1) is 0 Å². The summed E-state index contributed by atoms with van der Waals surface area (Å²) in [6.07, 6.45) is 2.54. The van der Waals surface area contributed by atoms with Crippen LogP contribution in [0.15, 0.2) is 0 Å². The van der Waals surface area contributed by atoms with E-state index in [2.05, 4.69) is 4.74 Å². The van der Waals surface area contributed by atoms with Crippen molar-refractivity contribution in [2.45, 2.75) is 12.8 Å². The molecule has 0 bridgehead atoms. The lowest BCUT2D eigenvalue weighted by Crippen LogP contribution is -2.44. The predicted molar refractivity (Wildman–Crippen MR) is 51.1 cm³/mol. The van der Waals surface area contributed by atoms with Gasteiger partial charge in [-0.05, 0) is 18.8 Å². The van der Waals surface area contributed by atoms with Crippen LogP contribution in [0.5, 0.6) is 0 Å². The van der Waals surface area contributed by atoms with Crippen molar-refractivity contribution in [1.82, 2.24) is 4.90 Å². The molecule has 0 aromatic rings. The monoisotopic (exact) mass is 213 g/mol. The minimum absolute atomic E-state index is 0.193. The number of cyclic esters (lactones) is 2. The average Bonchev–Trinajstić information content (AvgIpc) is 2.94. The highest BCUT2D eigenvalue weighted by atomic mass is 16.6. The summed E-state index contributed by atoms with van der Waals surface area (Å²) in [6.45, 7) is 2.40. The summed E-state index contributed by atoms with van der Waals surface area (Å²) in [5, 5.41) is 0. The highest BCUT2D eigenvalue weighted by Gasteiger charge is 2.25. The summed E-state index contributed by atoms with van der Waals surface area (Å²) < 4.78 is 9.84. The van der Waals surface area contributed by atoms with Crippen molar-refractivity contribution >= 4 is 11.9 Å². The van der Waals surface area contributed by atoms with E-state index >= 15 is 0 Å². The second kappa shape index (κ2) is 4.72. The number of nitrogens with zero attached hydrogens (tertiary/aromatic N) is 1. The Hall–Kier alpha value is -0.940. The van der Waals surface area contributed by atoms with Crippen LogP contribution < -0.4 is 0 Å². The maximum absolute atomic E-state index is 10.9. The Balaban J connectivity index is 1.60. The zero-order valence-electron chi connectivity index (χ0n) is 8.61. The maximum atomic E-state index is 10.9. The molecule has 1 aliphatic heterocycles. The van der Waals surface area contributed by atoms with Crippen LogP contribution in [0.4, 0.5) is 0 Å². The molecule has 2 rings (SSSR count). The third-order valence-corrected chi connectivity index (χ3v) is 2.54. The van der Waals surface area contributed by atoms with E-state index < -0.39 is 11.9 Å². The zero-order valence-corrected chi connectivity index (χ0v) is 8.61. The molecule has 1 heterocycles. The molecule has 1 saturated heterocycles. The Morgan fingerprint density at radius 3 is 2.53 bits per heavy atom. The molecule has 0 atom stereocenters. The summed E-state index contributed by atoms with van der Waals surface area (Å²) >= 11 is 0. The molecule has 2 aliphatic rings. The van der Waals surface area contributed by atoms with Crippen molar-refractivity contribution in [2.24, 2.45) is 5.92 Å². The van der Waals surface area contributed by atoms with Crippen LogP contribution in [0.25, 0.3) is 0 Å². The van der Waals surface area contributed by atoms with Gasteiger partial charge in [0.05, 0.1) is 19.7 Å². The SMILES string of the molecule is O=C1CN(CCOCC2CC2)CC(=O)O1. The number of rotatable bonds is 5. The number of morpholine rings is 1. The molecule has 0 radical (unpaired) electrons. The molecule has 5 heteroatoms. The number of hydrogen-bond donors (Lipinski definition) is 0. The van der Waals surface area contributed by atoms with Crippen molar-refractivity contribution < 1.29 is 19.1 Å². The van der Waals surface area contributed by atoms with Crippen molar-refractivity contribution in [1.29, 1.82) is 0 Å². The predicted octanol–water partition coefficient (Wildman–Crippen LogP) is -0.202. The Morgan fingerprint density at radius 1 is 1.27 bits per heavy atom. The van der Waals surface area contributed by atoms with E-state index in [0.29, 0.717) is 13.2 Å². The van der Waals surface area contributed by atoms with E-state index in [0.717, 1.165) is 12.5 Å². The van der Waals surface area contributed by atoms with Crippen molar-refractivity contribution in [3.63, 3.8) is 0 Å². The van der Waals surface area contributed by atoms with Gasteiger partial charge in [0.1, 0.15) is 0 Å². The van der Waals surface area contributed by atoms with E-state index in [1.54, 1.807) is 4.90 Å². The quantitative estimate of drug-likeness (QED) is 0.359. The van der Waals surface area contributed by atoms with Crippen LogP contribution in [0.3, 0.4) is 0 Å². The summed E-state index contributed by atoms with van der Waals surface area (Å²) in [5.41, 5.74) is 0. The van der Waals surface area contributed by atoms with E-state index in [9.17, 15) is 9.59 Å². The fourth-order valence-corrected chi connectivity index (χ4v) is 1.50. The molecular formula is C10H15NO4. The molecule has 2 fully saturated rings. The number of hydrogen-bond acceptors (Lipinski definition) is 5. The molecule has 0 spiro atoms. The molecule has 84 valence electrons. The smallest absolute Gasteiger partial charge is 0.327 e. The lowest BCUT2D eigenvalue weighted by Gasteiger charge is -2.23. The highest BCUT2D eigenvalue weighted by molar-refractivity contribution is 5.90. The summed E-state index contributed by atoms with van der Waals surface area (Å²) in [7, 11) is 0. The fourth-order valence-electron chi connectivity index (χ4n) is 1.50. The molecule has 0 N–H and O–H groups in total. The number of carbonyl (C=O) groups is 2. The first kappa shape index (κ1) is 10.6. The number of carbonyl (C=O) groups excluding carboxylic acids is 2. The van der Waals surface area contributed by atoms with Gasteiger partial charge >= 0.3 is 11.9 Å². The van der Waals surface area contributed by atoms with E-state index in [4.69, 9.17) is 4.74 Å². The van der Waals surface area contributed by atoms with Crippen LogP contribution in [0, 0.1) is 5.92 Å². The molecule has 0 aromatic carbocycles. The lowest BCUT2D eigenvalue weighted by atomic mass is 10.4. The van der Waals surface area contributed by atoms with Crippen LogP contribution in [0.1, 0.15) is 12.8 Å². The molecule has 0 unspecified atom stereocenters. The number of ether oxygens (including phenoxy) is 2. The molecule has 15 heavy (non-hydrogen) atoms. The molecule has 5 nitrogen and oxygen atoms in total. The van der Waals surface area contributed by atoms with Gasteiger partial charge in [0.25, 0.3) is 0 Å². The second-order valence-electron chi connectivity index (χ2n) is 4.08. The van der Waals surface area contributed by atoms with Gasteiger partial charge in [-0.1, -0.05) is 0 Å². The molecule has 0 aromatic heterocycles. The Kier molecular flexibility index (Phi) is 3.33. The average molecular weight is 213 g/mol. The van der Waals surface area contributed by atoms with E-state index in [1.165, 1.54) is 12.8 Å². The topological polar surface area (TPSA) is 55.8 Å². The van der Waals surface area contributed by atoms with Crippen molar-refractivity contribution in [2.75, 3.05) is 32.8 Å². The van der Waals surface area contributed by atoms with Gasteiger partial charge in [-0.3, -0.25) is 14.5 Å². The normalized spacial score (nSPS) is 22.9. The first-order valence-corrected chi connectivity index (χ1v) is 5.27. The van der Waals surface area contributed by atoms with Crippen LogP contribution >= 0.6 is 0 Å². The first-order chi connectivity index (χ1) is 7.24. The van der Waals surface area contributed by atoms with E-state index in [-0.39, 0.29) is 13.1 Å². The molecule has 1 saturated carbocycles. The largest absolute Gasteiger partial charge is 0.391 e. The van der Waals surface area contributed by atoms with Gasteiger partial charge in [-0.25, -0.2) is 0 Å². The maximum Gasteiger partial charge on any atom is 0.327 e. The van der Waals surface area contributed by atoms with Gasteiger partial charge in [-0.2, -0.15) is 0 Å². The Labute approximate surface area is 88.3 Å². The number of esters is 2. The fraction of sp³-hybridized carbons (Fsp3) is 0.800. The minimum atomic E-state index is -0.464. The minimum Gasteiger partial charge on any atom is -0.391 e. The second-order valence-corrected chi connectivity index (χ2v) is 4.08. The molecule has 1 aliphatic carbocycles. The van der Waals surface area contributed by atoms with Crippen LogP contribution in [-0.2, 0) is 19.1 Å². The van der Waals surface area contributed by atoms with E-state index in [1.807, 2.05) is 0 Å². The Bertz CT molecular complexity index is 246. The summed E-state index contributed by atoms with van der Waals surface area (Å²) in [6, 6.07) is 0. The van der Waals surface area contributed by atoms with Gasteiger partial charge < -0.3 is 9.47 Å². The van der Waals surface area contributed by atoms with Crippen LogP contribution in [-0.4, -0.2) is 49.7 Å². The summed E-state index contributed by atoms with van der Waals surface area (Å²) in [4.78, 5) is 23.6. The third-order valence-electron chi connectivity index (χ3n) is 2.54. The standard InChI is InChI=1S/C10H15NO4/c12-9-5-11(6-10(13)15-9)3-4-14-7-8-1-2-8/h8H,1-7H2. The summed E-state index contributed by atoms with van der Waals surface area (Å²) in [5.74, 6) is -0.181. The van der Waals surface area contributed by atoms with Crippen LogP contribution in [0.2, 0.25) is 0 Å². The molecular weight excluding hydrogens is 198 g/mol. The highest BCUT2D eigenvalue weighted by Crippen LogP contribution is 2.28. The van der Waals surface area contributed by atoms with Gasteiger partial charge in [0, 0.05) is 13.2 Å². The first-order valence-electron chi connectivity index (χ1n) is 5.27. The van der Waals surface area contributed by atoms with Gasteiger partial charge in [0.2, 0.25) is 0 Å². The Morgan fingerprint density at radius 2 is 1.93 bits per heavy atom.